The fourth-order valence-corrected chi connectivity index (χ4v) is 3.47. The van der Waals surface area contributed by atoms with Crippen LogP contribution in [0.2, 0.25) is 0 Å². The van der Waals surface area contributed by atoms with Crippen molar-refractivity contribution in [2.75, 3.05) is 13.2 Å². The van der Waals surface area contributed by atoms with Crippen LogP contribution in [0.4, 0.5) is 4.79 Å². The molecule has 9 nitrogen and oxygen atoms in total. The highest BCUT2D eigenvalue weighted by molar-refractivity contribution is 5.95. The summed E-state index contributed by atoms with van der Waals surface area (Å²) in [6, 6.07) is 16.3. The number of nitrogens with zero attached hydrogens (tertiary/aromatic N) is 2. The second-order valence-electron chi connectivity index (χ2n) is 7.13. The highest BCUT2D eigenvalue weighted by atomic mass is 16.5. The minimum Gasteiger partial charge on any atom is -0.463 e. The van der Waals surface area contributed by atoms with E-state index in [1.807, 2.05) is 6.07 Å². The van der Waals surface area contributed by atoms with E-state index >= 15 is 0 Å². The molecule has 0 bridgehead atoms. The van der Waals surface area contributed by atoms with Crippen molar-refractivity contribution < 1.29 is 23.9 Å². The van der Waals surface area contributed by atoms with Gasteiger partial charge < -0.3 is 20.1 Å². The summed E-state index contributed by atoms with van der Waals surface area (Å²) in [5.41, 5.74) is 2.18. The van der Waals surface area contributed by atoms with E-state index in [9.17, 15) is 14.4 Å². The molecule has 0 spiro atoms. The number of carbonyl (C=O) groups excluding carboxylic acids is 3. The summed E-state index contributed by atoms with van der Waals surface area (Å²) in [6.07, 6.45) is 3.45. The van der Waals surface area contributed by atoms with Gasteiger partial charge >= 0.3 is 18.0 Å². The van der Waals surface area contributed by atoms with Gasteiger partial charge in [-0.1, -0.05) is 30.3 Å². The number of aromatic nitrogens is 2. The summed E-state index contributed by atoms with van der Waals surface area (Å²) in [6.45, 7) is 1.55. The maximum absolute atomic E-state index is 12.7. The molecule has 1 aliphatic heterocycles. The van der Waals surface area contributed by atoms with Gasteiger partial charge in [0.15, 0.2) is 0 Å². The number of hydrogen-bond acceptors (Lipinski definition) is 6. The zero-order chi connectivity index (χ0) is 23.2. The van der Waals surface area contributed by atoms with Crippen LogP contribution in [0.25, 0.3) is 5.69 Å². The number of amides is 2. The van der Waals surface area contributed by atoms with Crippen LogP contribution in [0.1, 0.15) is 28.9 Å². The Hall–Kier alpha value is -4.40. The Morgan fingerprint density at radius 1 is 1.00 bits per heavy atom. The molecule has 0 saturated heterocycles. The Kier molecular flexibility index (Phi) is 6.49. The summed E-state index contributed by atoms with van der Waals surface area (Å²) < 4.78 is 12.3. The third-order valence-electron chi connectivity index (χ3n) is 5.00. The lowest BCUT2D eigenvalue weighted by atomic mass is 9.95. The second kappa shape index (κ2) is 9.82. The Balaban J connectivity index is 1.56. The maximum Gasteiger partial charge on any atom is 0.338 e. The highest BCUT2D eigenvalue weighted by Gasteiger charge is 2.34. The first-order valence-electron chi connectivity index (χ1n) is 10.4. The molecule has 4 rings (SSSR count). The number of rotatable bonds is 7. The van der Waals surface area contributed by atoms with Gasteiger partial charge in [-0.25, -0.2) is 19.1 Å². The molecule has 1 aromatic heterocycles. The Labute approximate surface area is 190 Å². The van der Waals surface area contributed by atoms with Gasteiger partial charge in [0, 0.05) is 12.4 Å². The fourth-order valence-electron chi connectivity index (χ4n) is 3.47. The number of ether oxygens (including phenoxy) is 2. The van der Waals surface area contributed by atoms with Crippen molar-refractivity contribution in [2.45, 2.75) is 13.0 Å². The molecule has 168 valence electrons. The van der Waals surface area contributed by atoms with Crippen molar-refractivity contribution >= 4 is 18.0 Å². The van der Waals surface area contributed by atoms with Crippen LogP contribution in [0.3, 0.4) is 0 Å². The number of hydrogen-bond donors (Lipinski definition) is 2. The Morgan fingerprint density at radius 2 is 1.76 bits per heavy atom. The van der Waals surface area contributed by atoms with Gasteiger partial charge in [0.05, 0.1) is 35.2 Å². The third-order valence-corrected chi connectivity index (χ3v) is 5.00. The van der Waals surface area contributed by atoms with Crippen molar-refractivity contribution in [2.24, 2.45) is 0 Å². The predicted molar refractivity (Wildman–Crippen MR) is 118 cm³/mol. The Morgan fingerprint density at radius 3 is 2.42 bits per heavy atom. The van der Waals surface area contributed by atoms with E-state index in [0.29, 0.717) is 11.1 Å². The van der Waals surface area contributed by atoms with Gasteiger partial charge in [-0.2, -0.15) is 5.10 Å². The van der Waals surface area contributed by atoms with Crippen molar-refractivity contribution in [3.05, 3.63) is 95.5 Å². The summed E-state index contributed by atoms with van der Waals surface area (Å²) in [5.74, 6) is -1.20. The molecule has 1 aliphatic rings. The molecule has 2 aromatic carbocycles. The van der Waals surface area contributed by atoms with Gasteiger partial charge in [0.1, 0.15) is 6.61 Å². The number of esters is 2. The number of carbonyl (C=O) groups is 3. The smallest absolute Gasteiger partial charge is 0.338 e. The summed E-state index contributed by atoms with van der Waals surface area (Å²) in [5, 5.41) is 9.46. The molecule has 0 fully saturated rings. The lowest BCUT2D eigenvalue weighted by Gasteiger charge is -2.29. The molecule has 9 heteroatoms. The van der Waals surface area contributed by atoms with Crippen molar-refractivity contribution in [3.63, 3.8) is 0 Å². The predicted octanol–water partition coefficient (Wildman–Crippen LogP) is 2.90. The molecular formula is C24H22N4O5. The molecule has 3 aromatic rings. The molecule has 1 atom stereocenters. The highest BCUT2D eigenvalue weighted by Crippen LogP contribution is 2.28. The van der Waals surface area contributed by atoms with Crippen molar-refractivity contribution in [1.29, 1.82) is 0 Å². The number of benzene rings is 2. The molecule has 0 unspecified atom stereocenters. The van der Waals surface area contributed by atoms with Gasteiger partial charge in [-0.3, -0.25) is 0 Å². The topological polar surface area (TPSA) is 112 Å². The van der Waals surface area contributed by atoms with Crippen molar-refractivity contribution in [3.8, 4) is 5.69 Å². The largest absolute Gasteiger partial charge is 0.463 e. The summed E-state index contributed by atoms with van der Waals surface area (Å²) in [7, 11) is 0. The maximum atomic E-state index is 12.7. The lowest BCUT2D eigenvalue weighted by Crippen LogP contribution is -2.47. The van der Waals surface area contributed by atoms with Crippen LogP contribution in [0, 0.1) is 0 Å². The minimum atomic E-state index is -0.735. The van der Waals surface area contributed by atoms with Crippen LogP contribution >= 0.6 is 0 Å². The fraction of sp³-hybridized carbons (Fsp3) is 0.167. The average Bonchev–Trinajstić information content (AvgIpc) is 3.38. The standard InChI is InChI=1S/C24H22N4O5/c1-2-32-23(30)20-19(26-24(31)27-21(20)16-7-4-3-5-8-16)15-33-22(29)17-9-11-18(12-10-17)28-14-6-13-25-28/h3-14,21H,2,15H2,1H3,(H2,26,27,31)/t21-/m1/s1. The molecule has 2 N–H and O–H groups in total. The first-order chi connectivity index (χ1) is 16.1. The van der Waals surface area contributed by atoms with Gasteiger partial charge in [-0.05, 0) is 42.8 Å². The molecule has 2 amide bonds. The first kappa shape index (κ1) is 21.8. The van der Waals surface area contributed by atoms with Gasteiger partial charge in [0.25, 0.3) is 0 Å². The normalized spacial score (nSPS) is 15.4. The molecule has 0 saturated carbocycles. The van der Waals surface area contributed by atoms with E-state index < -0.39 is 24.0 Å². The van der Waals surface area contributed by atoms with Crippen LogP contribution < -0.4 is 10.6 Å². The average molecular weight is 446 g/mol. The minimum absolute atomic E-state index is 0.160. The molecular weight excluding hydrogens is 424 g/mol. The van der Waals surface area contributed by atoms with E-state index in [-0.39, 0.29) is 24.5 Å². The molecule has 2 heterocycles. The van der Waals surface area contributed by atoms with E-state index in [0.717, 1.165) is 5.69 Å². The molecule has 0 radical (unpaired) electrons. The first-order valence-corrected chi connectivity index (χ1v) is 10.4. The molecule has 0 aliphatic carbocycles. The van der Waals surface area contributed by atoms with Crippen LogP contribution in [-0.4, -0.2) is 41.0 Å². The van der Waals surface area contributed by atoms with E-state index in [4.69, 9.17) is 9.47 Å². The van der Waals surface area contributed by atoms with E-state index in [2.05, 4.69) is 15.7 Å². The van der Waals surface area contributed by atoms with Gasteiger partial charge in [-0.15, -0.1) is 0 Å². The number of nitrogens with one attached hydrogen (secondary N) is 2. The summed E-state index contributed by atoms with van der Waals surface area (Å²) in [4.78, 5) is 37.6. The van der Waals surface area contributed by atoms with Crippen molar-refractivity contribution in [1.82, 2.24) is 20.4 Å². The van der Waals surface area contributed by atoms with Crippen LogP contribution in [0.5, 0.6) is 0 Å². The SMILES string of the molecule is CCOC(=O)C1=C(COC(=O)c2ccc(-n3cccn3)cc2)NC(=O)N[C@@H]1c1ccccc1. The van der Waals surface area contributed by atoms with E-state index in [1.54, 1.807) is 78.6 Å². The van der Waals surface area contributed by atoms with E-state index in [1.165, 1.54) is 0 Å². The Bertz CT molecular complexity index is 1170. The van der Waals surface area contributed by atoms with Crippen LogP contribution in [0.15, 0.2) is 84.3 Å². The quantitative estimate of drug-likeness (QED) is 0.540. The zero-order valence-electron chi connectivity index (χ0n) is 17.9. The summed E-state index contributed by atoms with van der Waals surface area (Å²) >= 11 is 0. The lowest BCUT2D eigenvalue weighted by molar-refractivity contribution is -0.139. The zero-order valence-corrected chi connectivity index (χ0v) is 17.9. The number of urea groups is 1. The van der Waals surface area contributed by atoms with Crippen LogP contribution in [-0.2, 0) is 14.3 Å². The van der Waals surface area contributed by atoms with Gasteiger partial charge in [0.2, 0.25) is 0 Å². The third kappa shape index (κ3) is 4.93. The monoisotopic (exact) mass is 446 g/mol. The second-order valence-corrected chi connectivity index (χ2v) is 7.13. The molecule has 33 heavy (non-hydrogen) atoms.